The van der Waals surface area contributed by atoms with E-state index in [4.69, 9.17) is 9.47 Å². The minimum atomic E-state index is -0.564. The molecule has 0 saturated carbocycles. The van der Waals surface area contributed by atoms with Crippen LogP contribution in [0.2, 0.25) is 0 Å². The SMILES string of the molecule is CCC(=O)NCC(C(=O)OC)c1cccc2ccc(OC)cc12. The summed E-state index contributed by atoms with van der Waals surface area (Å²) in [4.78, 5) is 23.7. The summed E-state index contributed by atoms with van der Waals surface area (Å²) in [5.74, 6) is -0.328. The molecule has 5 nitrogen and oxygen atoms in total. The zero-order chi connectivity index (χ0) is 16.8. The molecule has 1 unspecified atom stereocenters. The van der Waals surface area contributed by atoms with Crippen LogP contribution in [-0.4, -0.2) is 32.6 Å². The van der Waals surface area contributed by atoms with Gasteiger partial charge in [-0.1, -0.05) is 31.2 Å². The second kappa shape index (κ2) is 7.63. The van der Waals surface area contributed by atoms with E-state index >= 15 is 0 Å². The zero-order valence-electron chi connectivity index (χ0n) is 13.6. The molecule has 2 aromatic rings. The molecule has 1 N–H and O–H groups in total. The van der Waals surface area contributed by atoms with Gasteiger partial charge in [-0.05, 0) is 28.5 Å². The Labute approximate surface area is 135 Å². The second-order valence-electron chi connectivity index (χ2n) is 5.17. The van der Waals surface area contributed by atoms with Crippen molar-refractivity contribution in [2.75, 3.05) is 20.8 Å². The zero-order valence-corrected chi connectivity index (χ0v) is 13.6. The van der Waals surface area contributed by atoms with Crippen LogP contribution in [0.3, 0.4) is 0 Å². The Morgan fingerprint density at radius 3 is 2.61 bits per heavy atom. The average molecular weight is 315 g/mol. The van der Waals surface area contributed by atoms with E-state index in [9.17, 15) is 9.59 Å². The van der Waals surface area contributed by atoms with Gasteiger partial charge in [0.1, 0.15) is 5.75 Å². The number of rotatable bonds is 6. The summed E-state index contributed by atoms with van der Waals surface area (Å²) in [6.45, 7) is 1.97. The monoisotopic (exact) mass is 315 g/mol. The largest absolute Gasteiger partial charge is 0.497 e. The predicted octanol–water partition coefficient (Wildman–Crippen LogP) is 2.63. The van der Waals surface area contributed by atoms with Gasteiger partial charge in [-0.15, -0.1) is 0 Å². The highest BCUT2D eigenvalue weighted by atomic mass is 16.5. The first-order chi connectivity index (χ1) is 11.1. The van der Waals surface area contributed by atoms with Crippen molar-refractivity contribution >= 4 is 22.6 Å². The summed E-state index contributed by atoms with van der Waals surface area (Å²) in [5, 5.41) is 4.68. The minimum absolute atomic E-state index is 0.100. The highest BCUT2D eigenvalue weighted by molar-refractivity contribution is 5.92. The maximum Gasteiger partial charge on any atom is 0.314 e. The molecule has 2 rings (SSSR count). The van der Waals surface area contributed by atoms with E-state index in [1.165, 1.54) is 7.11 Å². The van der Waals surface area contributed by atoms with Crippen molar-refractivity contribution < 1.29 is 19.1 Å². The van der Waals surface area contributed by atoms with Crippen LogP contribution in [0.25, 0.3) is 10.8 Å². The van der Waals surface area contributed by atoms with Crippen molar-refractivity contribution in [2.45, 2.75) is 19.3 Å². The van der Waals surface area contributed by atoms with E-state index in [0.29, 0.717) is 12.2 Å². The van der Waals surface area contributed by atoms with Crippen LogP contribution in [-0.2, 0) is 14.3 Å². The van der Waals surface area contributed by atoms with Crippen molar-refractivity contribution in [2.24, 2.45) is 0 Å². The van der Waals surface area contributed by atoms with Crippen molar-refractivity contribution in [1.29, 1.82) is 0 Å². The number of esters is 1. The van der Waals surface area contributed by atoms with E-state index in [0.717, 1.165) is 16.3 Å². The first-order valence-electron chi connectivity index (χ1n) is 7.51. The number of benzene rings is 2. The lowest BCUT2D eigenvalue weighted by Crippen LogP contribution is -2.31. The van der Waals surface area contributed by atoms with Crippen molar-refractivity contribution in [1.82, 2.24) is 5.32 Å². The van der Waals surface area contributed by atoms with Gasteiger partial charge in [-0.3, -0.25) is 9.59 Å². The number of amides is 1. The number of hydrogen-bond acceptors (Lipinski definition) is 4. The molecule has 5 heteroatoms. The molecule has 0 radical (unpaired) electrons. The molecular formula is C18H21NO4. The van der Waals surface area contributed by atoms with Gasteiger partial charge in [0.2, 0.25) is 5.91 Å². The van der Waals surface area contributed by atoms with Gasteiger partial charge in [0.25, 0.3) is 0 Å². The summed E-state index contributed by atoms with van der Waals surface area (Å²) in [6, 6.07) is 11.4. The van der Waals surface area contributed by atoms with E-state index in [1.807, 2.05) is 36.4 Å². The Kier molecular flexibility index (Phi) is 5.57. The lowest BCUT2D eigenvalue weighted by atomic mass is 9.93. The minimum Gasteiger partial charge on any atom is -0.497 e. The Bertz CT molecular complexity index is 711. The van der Waals surface area contributed by atoms with Crippen molar-refractivity contribution in [3.8, 4) is 5.75 Å². The first kappa shape index (κ1) is 16.8. The molecule has 2 aromatic carbocycles. The normalized spacial score (nSPS) is 11.8. The highest BCUT2D eigenvalue weighted by Gasteiger charge is 2.24. The van der Waals surface area contributed by atoms with Gasteiger partial charge < -0.3 is 14.8 Å². The molecule has 0 spiro atoms. The number of carbonyl (C=O) groups excluding carboxylic acids is 2. The molecule has 1 atom stereocenters. The number of nitrogens with one attached hydrogen (secondary N) is 1. The van der Waals surface area contributed by atoms with Crippen LogP contribution < -0.4 is 10.1 Å². The van der Waals surface area contributed by atoms with Crippen LogP contribution in [0.4, 0.5) is 0 Å². The molecule has 122 valence electrons. The summed E-state index contributed by atoms with van der Waals surface area (Å²) in [5.41, 5.74) is 0.810. The van der Waals surface area contributed by atoms with Gasteiger partial charge in [0.05, 0.1) is 20.1 Å². The summed E-state index contributed by atoms with van der Waals surface area (Å²) >= 11 is 0. The molecule has 0 heterocycles. The quantitative estimate of drug-likeness (QED) is 0.832. The fourth-order valence-electron chi connectivity index (χ4n) is 2.51. The van der Waals surface area contributed by atoms with Crippen LogP contribution in [0.1, 0.15) is 24.8 Å². The summed E-state index contributed by atoms with van der Waals surface area (Å²) < 4.78 is 10.2. The molecule has 0 saturated heterocycles. The molecule has 0 aromatic heterocycles. The van der Waals surface area contributed by atoms with Gasteiger partial charge in [0.15, 0.2) is 0 Å². The fraction of sp³-hybridized carbons (Fsp3) is 0.333. The molecule has 0 bridgehead atoms. The molecule has 0 fully saturated rings. The van der Waals surface area contributed by atoms with Crippen molar-refractivity contribution in [3.05, 3.63) is 42.0 Å². The van der Waals surface area contributed by atoms with E-state index < -0.39 is 5.92 Å². The first-order valence-corrected chi connectivity index (χ1v) is 7.51. The third-order valence-corrected chi connectivity index (χ3v) is 3.81. The Balaban J connectivity index is 2.46. The van der Waals surface area contributed by atoms with Gasteiger partial charge in [-0.2, -0.15) is 0 Å². The van der Waals surface area contributed by atoms with E-state index in [-0.39, 0.29) is 18.4 Å². The Morgan fingerprint density at radius 2 is 1.96 bits per heavy atom. The summed E-state index contributed by atoms with van der Waals surface area (Å²) in [6.07, 6.45) is 0.372. The maximum atomic E-state index is 12.2. The van der Waals surface area contributed by atoms with E-state index in [2.05, 4.69) is 5.32 Å². The molecule has 0 aliphatic rings. The van der Waals surface area contributed by atoms with Gasteiger partial charge in [0, 0.05) is 13.0 Å². The number of methoxy groups -OCH3 is 2. The predicted molar refractivity (Wildman–Crippen MR) is 88.6 cm³/mol. The number of carbonyl (C=O) groups is 2. The number of ether oxygens (including phenoxy) is 2. The molecule has 0 aliphatic heterocycles. The second-order valence-corrected chi connectivity index (χ2v) is 5.17. The third kappa shape index (κ3) is 3.80. The Hall–Kier alpha value is -2.56. The van der Waals surface area contributed by atoms with Crippen LogP contribution in [0.5, 0.6) is 5.75 Å². The smallest absolute Gasteiger partial charge is 0.314 e. The topological polar surface area (TPSA) is 64.6 Å². The molecule has 23 heavy (non-hydrogen) atoms. The van der Waals surface area contributed by atoms with Crippen LogP contribution in [0.15, 0.2) is 36.4 Å². The van der Waals surface area contributed by atoms with Gasteiger partial charge >= 0.3 is 5.97 Å². The average Bonchev–Trinajstić information content (AvgIpc) is 2.60. The van der Waals surface area contributed by atoms with Gasteiger partial charge in [-0.25, -0.2) is 0 Å². The molecule has 1 amide bonds. The van der Waals surface area contributed by atoms with Crippen LogP contribution in [0, 0.1) is 0 Å². The van der Waals surface area contributed by atoms with E-state index in [1.54, 1.807) is 14.0 Å². The molecule has 0 aliphatic carbocycles. The standard InChI is InChI=1S/C18H21NO4/c1-4-17(20)19-11-16(18(21)23-3)14-7-5-6-12-8-9-13(22-2)10-15(12)14/h5-10,16H,4,11H2,1-3H3,(H,19,20). The number of fused-ring (bicyclic) bond motifs is 1. The number of hydrogen-bond donors (Lipinski definition) is 1. The maximum absolute atomic E-state index is 12.2. The lowest BCUT2D eigenvalue weighted by molar-refractivity contribution is -0.142. The Morgan fingerprint density at radius 1 is 1.17 bits per heavy atom. The highest BCUT2D eigenvalue weighted by Crippen LogP contribution is 2.29. The van der Waals surface area contributed by atoms with Crippen molar-refractivity contribution in [3.63, 3.8) is 0 Å². The van der Waals surface area contributed by atoms with Crippen LogP contribution >= 0.6 is 0 Å². The summed E-state index contributed by atoms with van der Waals surface area (Å²) in [7, 11) is 2.95. The molecular weight excluding hydrogens is 294 g/mol. The lowest BCUT2D eigenvalue weighted by Gasteiger charge is -2.18. The third-order valence-electron chi connectivity index (χ3n) is 3.81. The fourth-order valence-corrected chi connectivity index (χ4v) is 2.51.